The van der Waals surface area contributed by atoms with E-state index in [4.69, 9.17) is 9.47 Å². The Bertz CT molecular complexity index is 588. The largest absolute Gasteiger partial charge is 0.482 e. The van der Waals surface area contributed by atoms with Crippen LogP contribution in [0.3, 0.4) is 0 Å². The Morgan fingerprint density at radius 1 is 0.952 bits per heavy atom. The highest BCUT2D eigenvalue weighted by atomic mass is 16.6. The van der Waals surface area contributed by atoms with Crippen molar-refractivity contribution in [1.82, 2.24) is 0 Å². The molecular formula is C18H20O3. The van der Waals surface area contributed by atoms with E-state index >= 15 is 0 Å². The zero-order valence-electron chi connectivity index (χ0n) is 12.5. The summed E-state index contributed by atoms with van der Waals surface area (Å²) in [5, 5.41) is 0. The lowest BCUT2D eigenvalue weighted by molar-refractivity contribution is -0.136. The molecule has 0 heterocycles. The van der Waals surface area contributed by atoms with Crippen LogP contribution >= 0.6 is 0 Å². The van der Waals surface area contributed by atoms with Crippen LogP contribution in [0.1, 0.15) is 25.0 Å². The average Bonchev–Trinajstić information content (AvgIpc) is 2.54. The second kappa shape index (κ2) is 7.48. The molecule has 110 valence electrons. The fourth-order valence-corrected chi connectivity index (χ4v) is 2.03. The first-order valence-electron chi connectivity index (χ1n) is 7.23. The average molecular weight is 284 g/mol. The van der Waals surface area contributed by atoms with Gasteiger partial charge in [0.05, 0.1) is 0 Å². The van der Waals surface area contributed by atoms with E-state index in [0.29, 0.717) is 5.75 Å². The van der Waals surface area contributed by atoms with E-state index < -0.39 is 5.97 Å². The SMILES string of the molecule is CCc1ccc(OC(=O)COc2ccccc2CC)cc1. The van der Waals surface area contributed by atoms with E-state index in [9.17, 15) is 4.79 Å². The van der Waals surface area contributed by atoms with Gasteiger partial charge < -0.3 is 9.47 Å². The number of carbonyl (C=O) groups excluding carboxylic acids is 1. The van der Waals surface area contributed by atoms with Gasteiger partial charge >= 0.3 is 5.97 Å². The molecular weight excluding hydrogens is 264 g/mol. The number of hydrogen-bond donors (Lipinski definition) is 0. The van der Waals surface area contributed by atoms with Gasteiger partial charge in [0.15, 0.2) is 6.61 Å². The number of ether oxygens (including phenoxy) is 2. The van der Waals surface area contributed by atoms with Crippen LogP contribution in [-0.2, 0) is 17.6 Å². The Morgan fingerprint density at radius 3 is 2.33 bits per heavy atom. The van der Waals surface area contributed by atoms with Crippen LogP contribution in [0, 0.1) is 0 Å². The van der Waals surface area contributed by atoms with Crippen molar-refractivity contribution in [3.63, 3.8) is 0 Å². The minimum absolute atomic E-state index is 0.0907. The normalized spacial score (nSPS) is 10.2. The molecule has 21 heavy (non-hydrogen) atoms. The summed E-state index contributed by atoms with van der Waals surface area (Å²) in [6, 6.07) is 15.2. The molecule has 0 fully saturated rings. The highest BCUT2D eigenvalue weighted by Gasteiger charge is 2.08. The molecule has 0 spiro atoms. The van der Waals surface area contributed by atoms with Crippen molar-refractivity contribution in [1.29, 1.82) is 0 Å². The predicted octanol–water partition coefficient (Wildman–Crippen LogP) is 3.80. The topological polar surface area (TPSA) is 35.5 Å². The summed E-state index contributed by atoms with van der Waals surface area (Å²) in [5.74, 6) is 0.882. The van der Waals surface area contributed by atoms with E-state index in [-0.39, 0.29) is 6.61 Å². The Balaban J connectivity index is 1.89. The summed E-state index contributed by atoms with van der Waals surface area (Å²) >= 11 is 0. The van der Waals surface area contributed by atoms with Crippen molar-refractivity contribution in [2.75, 3.05) is 6.61 Å². The van der Waals surface area contributed by atoms with Crippen LogP contribution in [0.5, 0.6) is 11.5 Å². The van der Waals surface area contributed by atoms with Crippen molar-refractivity contribution in [3.05, 3.63) is 59.7 Å². The molecule has 0 saturated carbocycles. The molecule has 0 aliphatic carbocycles. The molecule has 2 aromatic rings. The summed E-state index contributed by atoms with van der Waals surface area (Å²) < 4.78 is 10.8. The second-order valence-electron chi connectivity index (χ2n) is 4.72. The predicted molar refractivity (Wildman–Crippen MR) is 82.8 cm³/mol. The highest BCUT2D eigenvalue weighted by Crippen LogP contribution is 2.18. The maximum absolute atomic E-state index is 11.8. The van der Waals surface area contributed by atoms with Gasteiger partial charge in [0.2, 0.25) is 0 Å². The molecule has 0 N–H and O–H groups in total. The standard InChI is InChI=1S/C18H20O3/c1-3-14-9-11-16(12-10-14)21-18(19)13-20-17-8-6-5-7-15(17)4-2/h5-12H,3-4,13H2,1-2H3. The Labute approximate surface area is 125 Å². The molecule has 0 amide bonds. The van der Waals surface area contributed by atoms with Crippen LogP contribution in [0.4, 0.5) is 0 Å². The molecule has 2 aromatic carbocycles. The number of rotatable bonds is 6. The molecule has 3 nitrogen and oxygen atoms in total. The van der Waals surface area contributed by atoms with E-state index in [2.05, 4.69) is 13.8 Å². The summed E-state index contributed by atoms with van der Waals surface area (Å²) in [7, 11) is 0. The lowest BCUT2D eigenvalue weighted by Crippen LogP contribution is -2.18. The zero-order valence-corrected chi connectivity index (χ0v) is 12.5. The molecule has 0 aromatic heterocycles. The zero-order chi connectivity index (χ0) is 15.1. The Morgan fingerprint density at radius 2 is 1.67 bits per heavy atom. The molecule has 0 aliphatic heterocycles. The van der Waals surface area contributed by atoms with Gasteiger partial charge in [0.1, 0.15) is 11.5 Å². The van der Waals surface area contributed by atoms with E-state index in [1.165, 1.54) is 5.56 Å². The lowest BCUT2D eigenvalue weighted by atomic mass is 10.1. The van der Waals surface area contributed by atoms with Crippen molar-refractivity contribution in [3.8, 4) is 11.5 Å². The monoisotopic (exact) mass is 284 g/mol. The molecule has 0 saturated heterocycles. The molecule has 0 bridgehead atoms. The Hall–Kier alpha value is -2.29. The second-order valence-corrected chi connectivity index (χ2v) is 4.72. The summed E-state index contributed by atoms with van der Waals surface area (Å²) in [5.41, 5.74) is 2.29. The first kappa shape index (κ1) is 15.1. The van der Waals surface area contributed by atoms with Crippen LogP contribution in [0.15, 0.2) is 48.5 Å². The summed E-state index contributed by atoms with van der Waals surface area (Å²) in [6.45, 7) is 4.04. The fourth-order valence-electron chi connectivity index (χ4n) is 2.03. The number of para-hydroxylation sites is 1. The van der Waals surface area contributed by atoms with Crippen molar-refractivity contribution in [2.45, 2.75) is 26.7 Å². The van der Waals surface area contributed by atoms with Crippen LogP contribution in [0.2, 0.25) is 0 Å². The van der Waals surface area contributed by atoms with E-state index in [0.717, 1.165) is 24.2 Å². The van der Waals surface area contributed by atoms with Gasteiger partial charge in [-0.25, -0.2) is 4.79 Å². The van der Waals surface area contributed by atoms with E-state index in [1.807, 2.05) is 36.4 Å². The van der Waals surface area contributed by atoms with Gasteiger partial charge in [-0.3, -0.25) is 0 Å². The summed E-state index contributed by atoms with van der Waals surface area (Å²) in [4.78, 5) is 11.8. The molecule has 0 unspecified atom stereocenters. The molecule has 0 radical (unpaired) electrons. The maximum atomic E-state index is 11.8. The minimum Gasteiger partial charge on any atom is -0.482 e. The third-order valence-electron chi connectivity index (χ3n) is 3.26. The van der Waals surface area contributed by atoms with Gasteiger partial charge in [0, 0.05) is 0 Å². The van der Waals surface area contributed by atoms with Crippen molar-refractivity contribution in [2.24, 2.45) is 0 Å². The number of aryl methyl sites for hydroxylation is 2. The van der Waals surface area contributed by atoms with Gasteiger partial charge in [-0.1, -0.05) is 44.2 Å². The Kier molecular flexibility index (Phi) is 5.38. The van der Waals surface area contributed by atoms with Gasteiger partial charge in [-0.15, -0.1) is 0 Å². The molecule has 0 aliphatic rings. The van der Waals surface area contributed by atoms with Crippen molar-refractivity contribution < 1.29 is 14.3 Å². The third-order valence-corrected chi connectivity index (χ3v) is 3.26. The van der Waals surface area contributed by atoms with Crippen LogP contribution < -0.4 is 9.47 Å². The number of esters is 1. The van der Waals surface area contributed by atoms with Gasteiger partial charge in [0.25, 0.3) is 0 Å². The van der Waals surface area contributed by atoms with Gasteiger partial charge in [-0.2, -0.15) is 0 Å². The number of carbonyl (C=O) groups is 1. The van der Waals surface area contributed by atoms with Crippen LogP contribution in [-0.4, -0.2) is 12.6 Å². The molecule has 3 heteroatoms. The highest BCUT2D eigenvalue weighted by molar-refractivity contribution is 5.74. The minimum atomic E-state index is -0.398. The quantitative estimate of drug-likeness (QED) is 0.598. The van der Waals surface area contributed by atoms with Crippen molar-refractivity contribution >= 4 is 5.97 Å². The number of hydrogen-bond acceptors (Lipinski definition) is 3. The molecule has 0 atom stereocenters. The molecule has 2 rings (SSSR count). The van der Waals surface area contributed by atoms with Gasteiger partial charge in [-0.05, 0) is 42.2 Å². The number of benzene rings is 2. The first-order chi connectivity index (χ1) is 10.2. The third kappa shape index (κ3) is 4.35. The van der Waals surface area contributed by atoms with E-state index in [1.54, 1.807) is 12.1 Å². The fraction of sp³-hybridized carbons (Fsp3) is 0.278. The van der Waals surface area contributed by atoms with Crippen LogP contribution in [0.25, 0.3) is 0 Å². The maximum Gasteiger partial charge on any atom is 0.349 e. The smallest absolute Gasteiger partial charge is 0.349 e. The first-order valence-corrected chi connectivity index (χ1v) is 7.23. The summed E-state index contributed by atoms with van der Waals surface area (Å²) in [6.07, 6.45) is 1.83. The lowest BCUT2D eigenvalue weighted by Gasteiger charge is -2.10.